The molecule has 0 saturated heterocycles. The molecule has 0 saturated carbocycles. The van der Waals surface area contributed by atoms with Gasteiger partial charge in [-0.2, -0.15) is 0 Å². The van der Waals surface area contributed by atoms with Gasteiger partial charge in [-0.15, -0.1) is 0 Å². The van der Waals surface area contributed by atoms with Gasteiger partial charge in [0.05, 0.1) is 6.20 Å². The minimum atomic E-state index is 0.0880. The highest BCUT2D eigenvalue weighted by Gasteiger charge is 2.01. The van der Waals surface area contributed by atoms with Gasteiger partial charge in [-0.3, -0.25) is 4.79 Å². The Morgan fingerprint density at radius 3 is 3.11 bits per heavy atom. The zero-order chi connectivity index (χ0) is 6.69. The first kappa shape index (κ1) is 5.77. The normalized spacial score (nSPS) is 9.00. The lowest BCUT2D eigenvalue weighted by Gasteiger charge is -2.00. The Hall–Kier alpha value is -1.36. The van der Waals surface area contributed by atoms with Crippen LogP contribution in [0, 0.1) is 0 Å². The molecule has 0 atom stereocenters. The number of hydrogen-bond acceptors (Lipinski definition) is 4. The molecule has 9 heavy (non-hydrogen) atoms. The number of rotatable bonds is 2. The van der Waals surface area contributed by atoms with E-state index in [1.165, 1.54) is 12.5 Å². The van der Waals surface area contributed by atoms with Gasteiger partial charge in [-0.05, 0) is 0 Å². The first-order chi connectivity index (χ1) is 4.34. The van der Waals surface area contributed by atoms with Crippen LogP contribution < -0.4 is 10.9 Å². The summed E-state index contributed by atoms with van der Waals surface area (Å²) in [6.07, 6.45) is 3.14. The first-order valence-electron chi connectivity index (χ1n) is 2.23. The predicted octanol–water partition coefficient (Wildman–Crippen LogP) is -0.489. The largest absolute Gasteiger partial charge is 0.431 e. The maximum atomic E-state index is 9.90. The Balaban J connectivity index is 2.76. The molecule has 0 radical (unpaired) electrons. The monoisotopic (exact) mass is 127 g/mol. The van der Waals surface area contributed by atoms with Crippen LogP contribution in [0.4, 0.5) is 6.01 Å². The molecule has 0 fully saturated rings. The van der Waals surface area contributed by atoms with Gasteiger partial charge in [0.15, 0.2) is 0 Å². The summed E-state index contributed by atoms with van der Waals surface area (Å²) in [5.74, 6) is 5.05. The summed E-state index contributed by atoms with van der Waals surface area (Å²) in [5, 5.41) is 0.750. The van der Waals surface area contributed by atoms with Crippen LogP contribution in [0.15, 0.2) is 16.9 Å². The molecule has 2 N–H and O–H groups in total. The number of nitrogens with zero attached hydrogens (tertiary/aromatic N) is 2. The van der Waals surface area contributed by atoms with Crippen molar-refractivity contribution >= 4 is 12.4 Å². The Bertz CT molecular complexity index is 184. The highest BCUT2D eigenvalue weighted by Crippen LogP contribution is 2.01. The third kappa shape index (κ3) is 1.06. The van der Waals surface area contributed by atoms with Crippen LogP contribution in [-0.2, 0) is 4.79 Å². The Morgan fingerprint density at radius 1 is 1.89 bits per heavy atom. The summed E-state index contributed by atoms with van der Waals surface area (Å²) in [7, 11) is 0. The molecule has 5 heteroatoms. The summed E-state index contributed by atoms with van der Waals surface area (Å²) < 4.78 is 4.64. The Labute approximate surface area is 51.0 Å². The van der Waals surface area contributed by atoms with Crippen molar-refractivity contribution < 1.29 is 9.21 Å². The van der Waals surface area contributed by atoms with Crippen molar-refractivity contribution in [2.45, 2.75) is 0 Å². The van der Waals surface area contributed by atoms with Gasteiger partial charge in [0.1, 0.15) is 6.26 Å². The molecular formula is C4H5N3O2. The van der Waals surface area contributed by atoms with E-state index in [4.69, 9.17) is 5.84 Å². The molecule has 1 amide bonds. The molecule has 0 spiro atoms. The molecule has 0 aliphatic heterocycles. The van der Waals surface area contributed by atoms with Gasteiger partial charge < -0.3 is 4.42 Å². The van der Waals surface area contributed by atoms with E-state index in [2.05, 4.69) is 9.40 Å². The topological polar surface area (TPSA) is 72.4 Å². The van der Waals surface area contributed by atoms with Gasteiger partial charge in [0.25, 0.3) is 0 Å². The number of anilines is 1. The summed E-state index contributed by atoms with van der Waals surface area (Å²) >= 11 is 0. The molecule has 0 unspecified atom stereocenters. The number of carbonyl (C=O) groups excluding carboxylic acids is 1. The fraction of sp³-hybridized carbons (Fsp3) is 0. The van der Waals surface area contributed by atoms with E-state index in [1.54, 1.807) is 0 Å². The number of aromatic nitrogens is 1. The van der Waals surface area contributed by atoms with Crippen molar-refractivity contribution in [2.24, 2.45) is 5.84 Å². The summed E-state index contributed by atoms with van der Waals surface area (Å²) in [6, 6.07) is 0.0880. The van der Waals surface area contributed by atoms with Gasteiger partial charge in [-0.25, -0.2) is 15.8 Å². The van der Waals surface area contributed by atoms with Crippen LogP contribution in [0.25, 0.3) is 0 Å². The zero-order valence-electron chi connectivity index (χ0n) is 4.52. The summed E-state index contributed by atoms with van der Waals surface area (Å²) in [5.41, 5.74) is 0. The minimum absolute atomic E-state index is 0.0880. The van der Waals surface area contributed by atoms with Crippen molar-refractivity contribution in [3.63, 3.8) is 0 Å². The molecule has 1 aromatic heterocycles. The number of oxazole rings is 1. The molecule has 0 aliphatic carbocycles. The zero-order valence-corrected chi connectivity index (χ0v) is 4.52. The van der Waals surface area contributed by atoms with E-state index in [0.717, 1.165) is 5.01 Å². The number of hydrogen-bond donors (Lipinski definition) is 1. The average molecular weight is 127 g/mol. The number of nitrogens with two attached hydrogens (primary N) is 1. The van der Waals surface area contributed by atoms with Gasteiger partial charge in [0, 0.05) is 0 Å². The lowest BCUT2D eigenvalue weighted by molar-refractivity contribution is -0.107. The molecule has 48 valence electrons. The van der Waals surface area contributed by atoms with Gasteiger partial charge in [-0.1, -0.05) is 0 Å². The van der Waals surface area contributed by atoms with Crippen molar-refractivity contribution in [2.75, 3.05) is 5.01 Å². The van der Waals surface area contributed by atoms with Crippen LogP contribution >= 0.6 is 0 Å². The molecule has 1 rings (SSSR count). The first-order valence-corrected chi connectivity index (χ1v) is 2.23. The van der Waals surface area contributed by atoms with Gasteiger partial charge >= 0.3 is 6.01 Å². The van der Waals surface area contributed by atoms with E-state index in [0.29, 0.717) is 6.41 Å². The molecular weight excluding hydrogens is 122 g/mol. The van der Waals surface area contributed by atoms with E-state index in [1.807, 2.05) is 0 Å². The third-order valence-corrected chi connectivity index (χ3v) is 0.754. The lowest BCUT2D eigenvalue weighted by Crippen LogP contribution is -2.28. The van der Waals surface area contributed by atoms with E-state index in [-0.39, 0.29) is 6.01 Å². The fourth-order valence-corrected chi connectivity index (χ4v) is 0.389. The van der Waals surface area contributed by atoms with Crippen LogP contribution in [0.1, 0.15) is 0 Å². The minimum Gasteiger partial charge on any atom is -0.431 e. The lowest BCUT2D eigenvalue weighted by atomic mass is 11.0. The second kappa shape index (κ2) is 2.27. The van der Waals surface area contributed by atoms with Crippen LogP contribution in [0.2, 0.25) is 0 Å². The van der Waals surface area contributed by atoms with E-state index < -0.39 is 0 Å². The fourth-order valence-electron chi connectivity index (χ4n) is 0.389. The van der Waals surface area contributed by atoms with Crippen molar-refractivity contribution in [1.82, 2.24) is 4.98 Å². The number of amides is 1. The maximum Gasteiger partial charge on any atom is 0.318 e. The molecule has 1 aromatic rings. The smallest absolute Gasteiger partial charge is 0.318 e. The highest BCUT2D eigenvalue weighted by molar-refractivity contribution is 5.67. The molecule has 5 nitrogen and oxygen atoms in total. The molecule has 1 heterocycles. The number of hydrazine groups is 1. The third-order valence-electron chi connectivity index (χ3n) is 0.754. The van der Waals surface area contributed by atoms with E-state index in [9.17, 15) is 4.79 Å². The standard InChI is InChI=1S/C4H5N3O2/c5-7(3-8)4-6-1-2-9-4/h1-3H,5H2. The second-order valence-electron chi connectivity index (χ2n) is 1.33. The van der Waals surface area contributed by atoms with Crippen LogP contribution in [0.3, 0.4) is 0 Å². The molecule has 0 aromatic carbocycles. The van der Waals surface area contributed by atoms with Crippen molar-refractivity contribution in [1.29, 1.82) is 0 Å². The Kier molecular flexibility index (Phi) is 1.46. The maximum absolute atomic E-state index is 9.90. The van der Waals surface area contributed by atoms with Crippen molar-refractivity contribution in [3.05, 3.63) is 12.5 Å². The average Bonchev–Trinajstić information content (AvgIpc) is 2.37. The quantitative estimate of drug-likeness (QED) is 0.252. The molecule has 0 bridgehead atoms. The highest BCUT2D eigenvalue weighted by atomic mass is 16.4. The SMILES string of the molecule is NN(C=O)c1ncco1. The van der Waals surface area contributed by atoms with E-state index >= 15 is 0 Å². The van der Waals surface area contributed by atoms with Crippen LogP contribution in [0.5, 0.6) is 0 Å². The van der Waals surface area contributed by atoms with Crippen LogP contribution in [-0.4, -0.2) is 11.4 Å². The summed E-state index contributed by atoms with van der Waals surface area (Å²) in [6.45, 7) is 0. The Morgan fingerprint density at radius 2 is 2.67 bits per heavy atom. The predicted molar refractivity (Wildman–Crippen MR) is 29.2 cm³/mol. The number of carbonyl (C=O) groups is 1. The van der Waals surface area contributed by atoms with Crippen molar-refractivity contribution in [3.8, 4) is 0 Å². The second-order valence-corrected chi connectivity index (χ2v) is 1.33. The molecule has 0 aliphatic rings. The van der Waals surface area contributed by atoms with Gasteiger partial charge in [0.2, 0.25) is 6.41 Å². The summed E-state index contributed by atoms with van der Waals surface area (Å²) in [4.78, 5) is 13.5.